The van der Waals surface area contributed by atoms with Crippen LogP contribution in [0, 0.1) is 3.57 Å². The van der Waals surface area contributed by atoms with E-state index in [1.54, 1.807) is 0 Å². The second-order valence-electron chi connectivity index (χ2n) is 1.68. The second kappa shape index (κ2) is 3.61. The lowest BCUT2D eigenvalue weighted by molar-refractivity contribution is 1.60. The van der Waals surface area contributed by atoms with Crippen molar-refractivity contribution in [1.29, 1.82) is 0 Å². The van der Waals surface area contributed by atoms with Crippen LogP contribution in [-0.4, -0.2) is 0 Å². The van der Waals surface area contributed by atoms with Crippen LogP contribution < -0.4 is 0 Å². The minimum Gasteiger partial charge on any atom is -0.0830 e. The Bertz CT molecular complexity index is 239. The van der Waals surface area contributed by atoms with Crippen LogP contribution in [0.5, 0.6) is 0 Å². The first-order chi connectivity index (χ1) is 4.61. The lowest BCUT2D eigenvalue weighted by Crippen LogP contribution is -1.74. The zero-order chi connectivity index (χ0) is 7.72. The first kappa shape index (κ1) is 9.10. The molecule has 0 N–H and O–H groups in total. The van der Waals surface area contributed by atoms with Gasteiger partial charge in [-0.05, 0) is 50.7 Å². The van der Waals surface area contributed by atoms with E-state index in [1.165, 1.54) is 0 Å². The van der Waals surface area contributed by atoms with Crippen LogP contribution in [0.3, 0.4) is 0 Å². The molecule has 0 bridgehead atoms. The van der Waals surface area contributed by atoms with Gasteiger partial charge in [0.05, 0.1) is 14.5 Å². The summed E-state index contributed by atoms with van der Waals surface area (Å²) >= 11 is 17.0. The molecule has 0 saturated carbocycles. The zero-order valence-electron chi connectivity index (χ0n) is 4.67. The summed E-state index contributed by atoms with van der Waals surface area (Å²) in [4.78, 5) is 0. The fourth-order valence-electron chi connectivity index (χ4n) is 0.525. The molecule has 0 fully saturated rings. The molecule has 0 aliphatic rings. The number of hydrogen-bond donors (Lipinski definition) is 0. The Morgan fingerprint density at radius 3 is 2.00 bits per heavy atom. The Balaban J connectivity index is 3.31. The molecule has 0 spiro atoms. The highest BCUT2D eigenvalue weighted by molar-refractivity contribution is 14.1. The van der Waals surface area contributed by atoms with Gasteiger partial charge in [0.15, 0.2) is 0 Å². The van der Waals surface area contributed by atoms with Crippen molar-refractivity contribution in [2.75, 3.05) is 0 Å². The minimum atomic E-state index is 0.650. The Morgan fingerprint density at radius 1 is 1.20 bits per heavy atom. The van der Waals surface area contributed by atoms with Crippen molar-refractivity contribution < 1.29 is 0 Å². The molecule has 10 heavy (non-hydrogen) atoms. The molecule has 0 aromatic heterocycles. The van der Waals surface area contributed by atoms with E-state index in [0.717, 1.165) is 8.04 Å². The lowest BCUT2D eigenvalue weighted by atomic mass is 10.4. The number of rotatable bonds is 0. The summed E-state index contributed by atoms with van der Waals surface area (Å²) in [5, 5.41) is 1.30. The van der Waals surface area contributed by atoms with Crippen LogP contribution in [0.2, 0.25) is 10.0 Å². The van der Waals surface area contributed by atoms with Gasteiger partial charge in [-0.25, -0.2) is 0 Å². The van der Waals surface area contributed by atoms with Crippen molar-refractivity contribution in [3.05, 3.63) is 30.2 Å². The van der Waals surface area contributed by atoms with Crippen LogP contribution in [0.15, 0.2) is 16.6 Å². The molecule has 0 aliphatic carbocycles. The molecule has 1 aromatic carbocycles. The van der Waals surface area contributed by atoms with E-state index < -0.39 is 0 Å². The summed E-state index contributed by atoms with van der Waals surface area (Å²) < 4.78 is 1.80. The van der Waals surface area contributed by atoms with E-state index in [2.05, 4.69) is 38.5 Å². The third-order valence-electron chi connectivity index (χ3n) is 0.949. The third-order valence-corrected chi connectivity index (χ3v) is 3.48. The highest BCUT2D eigenvalue weighted by Gasteiger charge is 2.02. The summed E-state index contributed by atoms with van der Waals surface area (Å²) in [6.45, 7) is 0. The summed E-state index contributed by atoms with van der Waals surface area (Å²) in [6.07, 6.45) is 0. The maximum absolute atomic E-state index is 5.78. The average molecular weight is 352 g/mol. The number of benzene rings is 1. The summed E-state index contributed by atoms with van der Waals surface area (Å²) in [6, 6.07) is 3.69. The van der Waals surface area contributed by atoms with Gasteiger partial charge in [-0.1, -0.05) is 23.2 Å². The number of halogens is 4. The average Bonchev–Trinajstić information content (AvgIpc) is 1.82. The highest BCUT2D eigenvalue weighted by Crippen LogP contribution is 2.31. The maximum atomic E-state index is 5.78. The summed E-state index contributed by atoms with van der Waals surface area (Å²) in [7, 11) is 0. The van der Waals surface area contributed by atoms with Crippen molar-refractivity contribution >= 4 is 61.7 Å². The van der Waals surface area contributed by atoms with Gasteiger partial charge >= 0.3 is 0 Å². The van der Waals surface area contributed by atoms with Crippen molar-refractivity contribution in [2.24, 2.45) is 0 Å². The standard InChI is InChI=1S/C6H2BrCl2I/c7-6-4(8)1-3(10)2-5(6)9/h1-2H. The SMILES string of the molecule is Clc1cc(I)cc(Cl)c1Br. The van der Waals surface area contributed by atoms with Gasteiger partial charge in [-0.2, -0.15) is 0 Å². The fraction of sp³-hybridized carbons (Fsp3) is 0. The highest BCUT2D eigenvalue weighted by atomic mass is 127. The van der Waals surface area contributed by atoms with Crippen molar-refractivity contribution in [3.63, 3.8) is 0 Å². The molecule has 0 radical (unpaired) electrons. The molecule has 0 nitrogen and oxygen atoms in total. The van der Waals surface area contributed by atoms with Crippen LogP contribution >= 0.6 is 61.7 Å². The summed E-state index contributed by atoms with van der Waals surface area (Å²) in [5.41, 5.74) is 0. The topological polar surface area (TPSA) is 0 Å². The molecule has 0 aliphatic heterocycles. The van der Waals surface area contributed by atoms with E-state index in [4.69, 9.17) is 23.2 Å². The molecule has 54 valence electrons. The molecule has 0 amide bonds. The summed E-state index contributed by atoms with van der Waals surface area (Å²) in [5.74, 6) is 0. The molecule has 1 aromatic rings. The zero-order valence-corrected chi connectivity index (χ0v) is 9.92. The minimum absolute atomic E-state index is 0.650. The van der Waals surface area contributed by atoms with E-state index >= 15 is 0 Å². The van der Waals surface area contributed by atoms with Crippen LogP contribution in [0.4, 0.5) is 0 Å². The van der Waals surface area contributed by atoms with E-state index in [9.17, 15) is 0 Å². The maximum Gasteiger partial charge on any atom is 0.0573 e. The Kier molecular flexibility index (Phi) is 3.28. The molecule has 0 unspecified atom stereocenters. The smallest absolute Gasteiger partial charge is 0.0573 e. The van der Waals surface area contributed by atoms with Crippen molar-refractivity contribution in [3.8, 4) is 0 Å². The molecule has 4 heteroatoms. The largest absolute Gasteiger partial charge is 0.0830 e. The Morgan fingerprint density at radius 2 is 1.60 bits per heavy atom. The Labute approximate surface area is 91.2 Å². The molecule has 0 atom stereocenters. The van der Waals surface area contributed by atoms with Crippen LogP contribution in [0.1, 0.15) is 0 Å². The van der Waals surface area contributed by atoms with Crippen LogP contribution in [0.25, 0.3) is 0 Å². The molecular weight excluding hydrogens is 350 g/mol. The molecule has 0 heterocycles. The van der Waals surface area contributed by atoms with Gasteiger partial charge in [0.2, 0.25) is 0 Å². The van der Waals surface area contributed by atoms with E-state index in [0.29, 0.717) is 10.0 Å². The quantitative estimate of drug-likeness (QED) is 0.370. The van der Waals surface area contributed by atoms with Gasteiger partial charge in [-0.15, -0.1) is 0 Å². The normalized spacial score (nSPS) is 10.0. The number of hydrogen-bond acceptors (Lipinski definition) is 0. The van der Waals surface area contributed by atoms with Gasteiger partial charge in [0, 0.05) is 3.57 Å². The Hall–Kier alpha value is 1.01. The van der Waals surface area contributed by atoms with Gasteiger partial charge < -0.3 is 0 Å². The second-order valence-corrected chi connectivity index (χ2v) is 4.54. The van der Waals surface area contributed by atoms with E-state index in [-0.39, 0.29) is 0 Å². The van der Waals surface area contributed by atoms with Crippen molar-refractivity contribution in [1.82, 2.24) is 0 Å². The third kappa shape index (κ3) is 2.00. The first-order valence-corrected chi connectivity index (χ1v) is 5.04. The van der Waals surface area contributed by atoms with Gasteiger partial charge in [0.1, 0.15) is 0 Å². The van der Waals surface area contributed by atoms with E-state index in [1.807, 2.05) is 12.1 Å². The molecule has 1 rings (SSSR count). The predicted octanol–water partition coefficient (Wildman–Crippen LogP) is 4.36. The van der Waals surface area contributed by atoms with Crippen LogP contribution in [-0.2, 0) is 0 Å². The fourth-order valence-corrected chi connectivity index (χ4v) is 2.23. The predicted molar refractivity (Wildman–Crippen MR) is 56.9 cm³/mol. The van der Waals surface area contributed by atoms with Crippen molar-refractivity contribution in [2.45, 2.75) is 0 Å². The molecular formula is C6H2BrCl2I. The molecule has 0 saturated heterocycles. The van der Waals surface area contributed by atoms with Gasteiger partial charge in [0.25, 0.3) is 0 Å². The monoisotopic (exact) mass is 350 g/mol. The lowest BCUT2D eigenvalue weighted by Gasteiger charge is -1.98. The first-order valence-electron chi connectivity index (χ1n) is 2.41. The van der Waals surface area contributed by atoms with Gasteiger partial charge in [-0.3, -0.25) is 0 Å².